The second kappa shape index (κ2) is 7.94. The molecule has 0 radical (unpaired) electrons. The molecule has 0 atom stereocenters. The summed E-state index contributed by atoms with van der Waals surface area (Å²) in [7, 11) is 0. The van der Waals surface area contributed by atoms with Gasteiger partial charge >= 0.3 is 0 Å². The maximum atomic E-state index is 13.1. The van der Waals surface area contributed by atoms with E-state index in [0.717, 1.165) is 33.2 Å². The third kappa shape index (κ3) is 4.43. The summed E-state index contributed by atoms with van der Waals surface area (Å²) < 4.78 is 13.1. The molecule has 0 bridgehead atoms. The second-order valence-corrected chi connectivity index (χ2v) is 6.60. The van der Waals surface area contributed by atoms with E-state index in [0.29, 0.717) is 13.1 Å². The molecule has 0 aliphatic heterocycles. The van der Waals surface area contributed by atoms with E-state index in [1.54, 1.807) is 23.9 Å². The average Bonchev–Trinajstić information content (AvgIpc) is 2.53. The van der Waals surface area contributed by atoms with Crippen LogP contribution in [0.1, 0.15) is 18.1 Å². The van der Waals surface area contributed by atoms with Crippen LogP contribution in [0.15, 0.2) is 41.3 Å². The van der Waals surface area contributed by atoms with Crippen molar-refractivity contribution in [3.05, 3.63) is 53.3 Å². The molecule has 0 heterocycles. The maximum Gasteiger partial charge on any atom is 0.123 e. The second-order valence-electron chi connectivity index (χ2n) is 5.29. The van der Waals surface area contributed by atoms with Crippen LogP contribution >= 0.6 is 11.8 Å². The van der Waals surface area contributed by atoms with Crippen LogP contribution in [0.2, 0.25) is 0 Å². The number of aryl methyl sites for hydroxylation is 1. The monoisotopic (exact) mass is 328 g/mol. The number of hydrogen-bond donors (Lipinski definition) is 1. The van der Waals surface area contributed by atoms with Crippen LogP contribution in [0.4, 0.5) is 15.8 Å². The fourth-order valence-corrected chi connectivity index (χ4v) is 3.20. The Labute approximate surface area is 141 Å². The van der Waals surface area contributed by atoms with Gasteiger partial charge in [0.05, 0.1) is 6.54 Å². The van der Waals surface area contributed by atoms with E-state index < -0.39 is 0 Å². The van der Waals surface area contributed by atoms with Crippen LogP contribution < -0.4 is 10.6 Å². The van der Waals surface area contributed by atoms with Crippen molar-refractivity contribution in [1.82, 2.24) is 0 Å². The summed E-state index contributed by atoms with van der Waals surface area (Å²) in [5.41, 5.74) is 10.1. The van der Waals surface area contributed by atoms with Gasteiger partial charge in [-0.3, -0.25) is 0 Å². The molecular weight excluding hydrogens is 307 g/mol. The minimum Gasteiger partial charge on any atom is -0.398 e. The van der Waals surface area contributed by atoms with Gasteiger partial charge in [-0.15, -0.1) is 18.2 Å². The predicted octanol–water partition coefficient (Wildman–Crippen LogP) is 4.47. The fraction of sp³-hybridized carbons (Fsp3) is 0.263. The number of thioether (sulfide) groups is 1. The lowest BCUT2D eigenvalue weighted by Crippen LogP contribution is -2.23. The highest BCUT2D eigenvalue weighted by Crippen LogP contribution is 2.33. The molecule has 120 valence electrons. The molecule has 23 heavy (non-hydrogen) atoms. The molecule has 0 unspecified atom stereocenters. The molecule has 2 aromatic carbocycles. The number of anilines is 2. The molecule has 0 aliphatic carbocycles. The Hall–Kier alpha value is -2.12. The normalized spacial score (nSPS) is 10.3. The Balaban J connectivity index is 2.33. The van der Waals surface area contributed by atoms with Crippen molar-refractivity contribution >= 4 is 23.1 Å². The average molecular weight is 328 g/mol. The zero-order valence-electron chi connectivity index (χ0n) is 13.5. The molecule has 0 saturated carbocycles. The SMILES string of the molecule is C#CCN(Cc1ccc(F)cc1)c1cc(C)c(N)c(SCC)c1. The summed E-state index contributed by atoms with van der Waals surface area (Å²) in [6, 6.07) is 10.6. The number of benzene rings is 2. The number of halogens is 1. The van der Waals surface area contributed by atoms with Gasteiger partial charge in [0.1, 0.15) is 5.82 Å². The molecule has 0 aliphatic rings. The third-order valence-corrected chi connectivity index (χ3v) is 4.50. The highest BCUT2D eigenvalue weighted by Gasteiger charge is 2.11. The summed E-state index contributed by atoms with van der Waals surface area (Å²) in [4.78, 5) is 3.17. The number of terminal acetylenes is 1. The topological polar surface area (TPSA) is 29.3 Å². The summed E-state index contributed by atoms with van der Waals surface area (Å²) in [5.74, 6) is 3.42. The summed E-state index contributed by atoms with van der Waals surface area (Å²) >= 11 is 1.72. The molecule has 2 rings (SSSR count). The minimum absolute atomic E-state index is 0.234. The largest absolute Gasteiger partial charge is 0.398 e. The van der Waals surface area contributed by atoms with E-state index in [2.05, 4.69) is 29.9 Å². The van der Waals surface area contributed by atoms with Crippen LogP contribution in [-0.4, -0.2) is 12.3 Å². The van der Waals surface area contributed by atoms with E-state index in [4.69, 9.17) is 12.2 Å². The smallest absolute Gasteiger partial charge is 0.123 e. The van der Waals surface area contributed by atoms with Gasteiger partial charge in [0, 0.05) is 22.8 Å². The Bertz CT molecular complexity index is 705. The van der Waals surface area contributed by atoms with Crippen LogP contribution in [0, 0.1) is 25.1 Å². The van der Waals surface area contributed by atoms with Crippen molar-refractivity contribution in [3.63, 3.8) is 0 Å². The first-order chi connectivity index (χ1) is 11.0. The molecule has 2 nitrogen and oxygen atoms in total. The Morgan fingerprint density at radius 3 is 2.57 bits per heavy atom. The van der Waals surface area contributed by atoms with Crippen LogP contribution in [-0.2, 0) is 6.54 Å². The van der Waals surface area contributed by atoms with Gasteiger partial charge in [0.25, 0.3) is 0 Å². The lowest BCUT2D eigenvalue weighted by atomic mass is 10.1. The van der Waals surface area contributed by atoms with Gasteiger partial charge in [-0.1, -0.05) is 25.0 Å². The first kappa shape index (κ1) is 17.2. The summed E-state index contributed by atoms with van der Waals surface area (Å²) in [5, 5.41) is 0. The molecule has 0 amide bonds. The van der Waals surface area contributed by atoms with Gasteiger partial charge in [-0.2, -0.15) is 0 Å². The summed E-state index contributed by atoms with van der Waals surface area (Å²) in [6.45, 7) is 5.22. The van der Waals surface area contributed by atoms with Crippen LogP contribution in [0.5, 0.6) is 0 Å². The number of rotatable bonds is 6. The molecule has 2 aromatic rings. The van der Waals surface area contributed by atoms with Gasteiger partial charge < -0.3 is 10.6 Å². The van der Waals surface area contributed by atoms with Crippen molar-refractivity contribution in [1.29, 1.82) is 0 Å². The number of nitrogen functional groups attached to an aromatic ring is 1. The number of hydrogen-bond acceptors (Lipinski definition) is 3. The highest BCUT2D eigenvalue weighted by molar-refractivity contribution is 7.99. The lowest BCUT2D eigenvalue weighted by Gasteiger charge is -2.24. The Morgan fingerprint density at radius 1 is 1.26 bits per heavy atom. The minimum atomic E-state index is -0.234. The van der Waals surface area contributed by atoms with Gasteiger partial charge in [-0.25, -0.2) is 4.39 Å². The summed E-state index contributed by atoms with van der Waals surface area (Å²) in [6.07, 6.45) is 5.53. The Kier molecular flexibility index (Phi) is 5.95. The first-order valence-electron chi connectivity index (χ1n) is 7.51. The van der Waals surface area contributed by atoms with Crippen molar-refractivity contribution in [2.24, 2.45) is 0 Å². The first-order valence-corrected chi connectivity index (χ1v) is 8.49. The predicted molar refractivity (Wildman–Crippen MR) is 98.3 cm³/mol. The van der Waals surface area contributed by atoms with E-state index in [1.807, 2.05) is 6.92 Å². The van der Waals surface area contributed by atoms with E-state index in [1.165, 1.54) is 12.1 Å². The van der Waals surface area contributed by atoms with Crippen molar-refractivity contribution < 1.29 is 4.39 Å². The lowest BCUT2D eigenvalue weighted by molar-refractivity contribution is 0.627. The van der Waals surface area contributed by atoms with Crippen LogP contribution in [0.3, 0.4) is 0 Å². The zero-order valence-corrected chi connectivity index (χ0v) is 14.3. The van der Waals surface area contributed by atoms with Crippen molar-refractivity contribution in [3.8, 4) is 12.3 Å². The zero-order chi connectivity index (χ0) is 16.8. The Morgan fingerprint density at radius 2 is 1.96 bits per heavy atom. The molecule has 0 fully saturated rings. The molecule has 2 N–H and O–H groups in total. The molecule has 0 aromatic heterocycles. The number of nitrogens with zero attached hydrogens (tertiary/aromatic N) is 1. The van der Waals surface area contributed by atoms with Gasteiger partial charge in [0.15, 0.2) is 0 Å². The fourth-order valence-electron chi connectivity index (χ4n) is 2.36. The quantitative estimate of drug-likeness (QED) is 0.482. The van der Waals surface area contributed by atoms with Crippen molar-refractivity contribution in [2.45, 2.75) is 25.3 Å². The van der Waals surface area contributed by atoms with Crippen molar-refractivity contribution in [2.75, 3.05) is 22.9 Å². The third-order valence-electron chi connectivity index (χ3n) is 3.57. The van der Waals surface area contributed by atoms with Crippen LogP contribution in [0.25, 0.3) is 0 Å². The molecule has 0 spiro atoms. The number of nitrogens with two attached hydrogens (primary N) is 1. The standard InChI is InChI=1S/C19H21FN2S/c1-4-10-22(13-15-6-8-16(20)9-7-15)17-11-14(3)19(21)18(12-17)23-5-2/h1,6-9,11-12H,5,10,13,21H2,2-3H3. The molecule has 0 saturated heterocycles. The maximum absolute atomic E-state index is 13.1. The van der Waals surface area contributed by atoms with E-state index in [9.17, 15) is 4.39 Å². The van der Waals surface area contributed by atoms with E-state index in [-0.39, 0.29) is 5.82 Å². The van der Waals surface area contributed by atoms with E-state index >= 15 is 0 Å². The molecule has 4 heteroatoms. The van der Waals surface area contributed by atoms with Gasteiger partial charge in [0.2, 0.25) is 0 Å². The molecular formula is C19H21FN2S. The van der Waals surface area contributed by atoms with Gasteiger partial charge in [-0.05, 0) is 48.1 Å². The highest BCUT2D eigenvalue weighted by atomic mass is 32.2.